The fraction of sp³-hybridized carbons (Fsp3) is 0. The largest absolute Gasteiger partial charge is 0.368 e. The highest BCUT2D eigenvalue weighted by atomic mass is 15.1. The number of rotatable bonds is 4. The topological polar surface area (TPSA) is 64.7 Å². The van der Waals surface area contributed by atoms with Crippen molar-refractivity contribution in [1.29, 1.82) is 0 Å². The lowest BCUT2D eigenvalue weighted by molar-refractivity contribution is 1.08. The van der Waals surface area contributed by atoms with E-state index in [9.17, 15) is 0 Å². The molecule has 31 heavy (non-hydrogen) atoms. The molecule has 5 aromatic rings. The zero-order valence-electron chi connectivity index (χ0n) is 16.8. The summed E-state index contributed by atoms with van der Waals surface area (Å²) in [5.41, 5.74) is 12.4. The predicted octanol–water partition coefficient (Wildman–Crippen LogP) is 6.12. The third-order valence-electron chi connectivity index (χ3n) is 5.11. The van der Waals surface area contributed by atoms with Gasteiger partial charge in [-0.25, -0.2) is 4.98 Å². The molecule has 0 aliphatic rings. The Morgan fingerprint density at radius 1 is 0.387 bits per heavy atom. The van der Waals surface area contributed by atoms with Crippen LogP contribution in [0.5, 0.6) is 0 Å². The molecule has 4 aromatic carbocycles. The lowest BCUT2D eigenvalue weighted by Crippen LogP contribution is -2.02. The number of anilines is 1. The van der Waals surface area contributed by atoms with E-state index in [0.29, 0.717) is 11.6 Å². The molecule has 0 spiro atoms. The Labute approximate surface area is 181 Å². The van der Waals surface area contributed by atoms with Crippen LogP contribution in [-0.2, 0) is 0 Å². The van der Waals surface area contributed by atoms with Gasteiger partial charge in [0.1, 0.15) is 0 Å². The summed E-state index contributed by atoms with van der Waals surface area (Å²) < 4.78 is 0. The van der Waals surface area contributed by atoms with Crippen molar-refractivity contribution in [3.05, 3.63) is 109 Å². The summed E-state index contributed by atoms with van der Waals surface area (Å²) in [6, 6.07) is 36.8. The van der Waals surface area contributed by atoms with Gasteiger partial charge in [-0.05, 0) is 34.4 Å². The second kappa shape index (κ2) is 8.20. The Kier molecular flexibility index (Phi) is 4.95. The van der Waals surface area contributed by atoms with E-state index in [1.54, 1.807) is 0 Å². The molecule has 4 heteroatoms. The van der Waals surface area contributed by atoms with E-state index in [0.717, 1.165) is 33.4 Å². The lowest BCUT2D eigenvalue weighted by Gasteiger charge is -2.09. The fourth-order valence-electron chi connectivity index (χ4n) is 3.59. The molecule has 0 aliphatic carbocycles. The van der Waals surface area contributed by atoms with Gasteiger partial charge in [0.05, 0.1) is 0 Å². The summed E-state index contributed by atoms with van der Waals surface area (Å²) in [6.07, 6.45) is 0. The number of benzene rings is 4. The first-order valence-corrected chi connectivity index (χ1v) is 10.1. The molecular formula is C27H20N4. The molecule has 0 bridgehead atoms. The highest BCUT2D eigenvalue weighted by molar-refractivity contribution is 5.73. The van der Waals surface area contributed by atoms with Gasteiger partial charge < -0.3 is 5.73 Å². The third-order valence-corrected chi connectivity index (χ3v) is 5.11. The minimum Gasteiger partial charge on any atom is -0.368 e. The van der Waals surface area contributed by atoms with E-state index < -0.39 is 0 Å². The molecule has 0 saturated carbocycles. The highest BCUT2D eigenvalue weighted by Gasteiger charge is 2.11. The molecule has 2 N–H and O–H groups in total. The second-order valence-electron chi connectivity index (χ2n) is 7.23. The lowest BCUT2D eigenvalue weighted by atomic mass is 10.0. The van der Waals surface area contributed by atoms with Crippen molar-refractivity contribution in [1.82, 2.24) is 15.0 Å². The van der Waals surface area contributed by atoms with Crippen LogP contribution in [0.4, 0.5) is 5.95 Å². The van der Waals surface area contributed by atoms with Gasteiger partial charge in [0, 0.05) is 11.1 Å². The molecule has 0 unspecified atom stereocenters. The zero-order valence-corrected chi connectivity index (χ0v) is 16.8. The number of nitrogens with two attached hydrogens (primary N) is 1. The van der Waals surface area contributed by atoms with Gasteiger partial charge in [-0.1, -0.05) is 97.1 Å². The van der Waals surface area contributed by atoms with Crippen LogP contribution in [0.15, 0.2) is 109 Å². The number of hydrogen-bond acceptors (Lipinski definition) is 4. The number of hydrogen-bond donors (Lipinski definition) is 1. The van der Waals surface area contributed by atoms with Crippen molar-refractivity contribution in [3.8, 4) is 45.0 Å². The van der Waals surface area contributed by atoms with Crippen LogP contribution in [0.25, 0.3) is 45.0 Å². The number of aromatic nitrogens is 3. The van der Waals surface area contributed by atoms with E-state index in [-0.39, 0.29) is 5.95 Å². The average Bonchev–Trinajstić information content (AvgIpc) is 2.85. The SMILES string of the molecule is Nc1nc(-c2cccc(-c3ccccc3)c2)nc(-c2cccc(-c3ccccc3)c2)n1. The van der Waals surface area contributed by atoms with E-state index in [1.165, 1.54) is 0 Å². The first-order chi connectivity index (χ1) is 15.3. The zero-order chi connectivity index (χ0) is 21.0. The van der Waals surface area contributed by atoms with Crippen molar-refractivity contribution < 1.29 is 0 Å². The average molecular weight is 400 g/mol. The van der Waals surface area contributed by atoms with Crippen molar-refractivity contribution in [2.45, 2.75) is 0 Å². The highest BCUT2D eigenvalue weighted by Crippen LogP contribution is 2.28. The van der Waals surface area contributed by atoms with Gasteiger partial charge in [-0.3, -0.25) is 0 Å². The molecule has 1 heterocycles. The first-order valence-electron chi connectivity index (χ1n) is 10.1. The molecule has 0 amide bonds. The van der Waals surface area contributed by atoms with E-state index in [4.69, 9.17) is 10.7 Å². The Balaban J connectivity index is 1.56. The van der Waals surface area contributed by atoms with Crippen LogP contribution in [0.3, 0.4) is 0 Å². The molecule has 0 atom stereocenters. The summed E-state index contributed by atoms with van der Waals surface area (Å²) in [7, 11) is 0. The second-order valence-corrected chi connectivity index (χ2v) is 7.23. The minimum absolute atomic E-state index is 0.204. The molecule has 1 aromatic heterocycles. The summed E-state index contributed by atoms with van der Waals surface area (Å²) in [5.74, 6) is 1.33. The van der Waals surface area contributed by atoms with Gasteiger partial charge in [0.15, 0.2) is 11.6 Å². The van der Waals surface area contributed by atoms with Gasteiger partial charge in [-0.2, -0.15) is 9.97 Å². The van der Waals surface area contributed by atoms with Crippen LogP contribution in [0.1, 0.15) is 0 Å². The summed E-state index contributed by atoms with van der Waals surface area (Å²) in [4.78, 5) is 13.5. The van der Waals surface area contributed by atoms with Crippen LogP contribution in [0.2, 0.25) is 0 Å². The Hall–Kier alpha value is -4.31. The molecule has 0 fully saturated rings. The Morgan fingerprint density at radius 3 is 1.23 bits per heavy atom. The quantitative estimate of drug-likeness (QED) is 0.395. The molecule has 4 nitrogen and oxygen atoms in total. The van der Waals surface area contributed by atoms with Crippen LogP contribution < -0.4 is 5.73 Å². The van der Waals surface area contributed by atoms with E-state index in [1.807, 2.05) is 60.7 Å². The molecule has 148 valence electrons. The van der Waals surface area contributed by atoms with Crippen LogP contribution in [0, 0.1) is 0 Å². The maximum Gasteiger partial charge on any atom is 0.224 e. The fourth-order valence-corrected chi connectivity index (χ4v) is 3.59. The Morgan fingerprint density at radius 2 is 0.774 bits per heavy atom. The molecule has 0 aliphatic heterocycles. The van der Waals surface area contributed by atoms with Gasteiger partial charge in [0.2, 0.25) is 5.95 Å². The van der Waals surface area contributed by atoms with Gasteiger partial charge in [0.25, 0.3) is 0 Å². The normalized spacial score (nSPS) is 10.7. The van der Waals surface area contributed by atoms with Crippen LogP contribution >= 0.6 is 0 Å². The molecule has 0 saturated heterocycles. The number of nitrogen functional groups attached to an aromatic ring is 1. The summed E-state index contributed by atoms with van der Waals surface area (Å²) in [5, 5.41) is 0. The minimum atomic E-state index is 0.204. The number of nitrogens with zero attached hydrogens (tertiary/aromatic N) is 3. The summed E-state index contributed by atoms with van der Waals surface area (Å²) >= 11 is 0. The maximum atomic E-state index is 6.07. The standard InChI is InChI=1S/C27H20N4/c28-27-30-25(23-15-7-13-21(17-23)19-9-3-1-4-10-19)29-26(31-27)24-16-8-14-22(18-24)20-11-5-2-6-12-20/h1-18H,(H2,28,29,30,31). The molecular weight excluding hydrogens is 380 g/mol. The molecule has 5 rings (SSSR count). The predicted molar refractivity (Wildman–Crippen MR) is 126 cm³/mol. The monoisotopic (exact) mass is 400 g/mol. The van der Waals surface area contributed by atoms with Crippen molar-refractivity contribution >= 4 is 5.95 Å². The Bertz CT molecular complexity index is 1230. The molecule has 0 radical (unpaired) electrons. The van der Waals surface area contributed by atoms with E-state index in [2.05, 4.69) is 58.5 Å². The van der Waals surface area contributed by atoms with Gasteiger partial charge >= 0.3 is 0 Å². The van der Waals surface area contributed by atoms with Gasteiger partial charge in [-0.15, -0.1) is 0 Å². The van der Waals surface area contributed by atoms with Crippen LogP contribution in [-0.4, -0.2) is 15.0 Å². The van der Waals surface area contributed by atoms with Crippen molar-refractivity contribution in [3.63, 3.8) is 0 Å². The van der Waals surface area contributed by atoms with Crippen molar-refractivity contribution in [2.75, 3.05) is 5.73 Å². The van der Waals surface area contributed by atoms with Crippen molar-refractivity contribution in [2.24, 2.45) is 0 Å². The third kappa shape index (κ3) is 4.05. The smallest absolute Gasteiger partial charge is 0.224 e. The first kappa shape index (κ1) is 18.7. The summed E-state index contributed by atoms with van der Waals surface area (Å²) in [6.45, 7) is 0. The van der Waals surface area contributed by atoms with E-state index >= 15 is 0 Å². The maximum absolute atomic E-state index is 6.07.